The zero-order valence-electron chi connectivity index (χ0n) is 9.71. The van der Waals surface area contributed by atoms with Crippen molar-refractivity contribution in [2.24, 2.45) is 10.9 Å². The fourth-order valence-electron chi connectivity index (χ4n) is 1.53. The summed E-state index contributed by atoms with van der Waals surface area (Å²) in [6, 6.07) is 0.567. The third kappa shape index (κ3) is 3.52. The normalized spacial score (nSPS) is 23.8. The van der Waals surface area contributed by atoms with Crippen LogP contribution in [0.4, 0.5) is 0 Å². The fourth-order valence-corrected chi connectivity index (χ4v) is 2.66. The fraction of sp³-hybridized carbons (Fsp3) is 0.909. The average Bonchev–Trinajstić information content (AvgIpc) is 2.53. The SMILES string of the molecule is CCCC(C)NC1=NCC(C(C)C)S1. The van der Waals surface area contributed by atoms with Crippen LogP contribution < -0.4 is 5.32 Å². The van der Waals surface area contributed by atoms with Gasteiger partial charge in [-0.05, 0) is 19.3 Å². The molecular weight excluding hydrogens is 192 g/mol. The molecule has 14 heavy (non-hydrogen) atoms. The third-order valence-electron chi connectivity index (χ3n) is 2.51. The van der Waals surface area contributed by atoms with E-state index in [2.05, 4.69) is 38.0 Å². The van der Waals surface area contributed by atoms with E-state index in [-0.39, 0.29) is 0 Å². The quantitative estimate of drug-likeness (QED) is 0.778. The van der Waals surface area contributed by atoms with Crippen molar-refractivity contribution < 1.29 is 0 Å². The Morgan fingerprint density at radius 2 is 2.21 bits per heavy atom. The highest BCUT2D eigenvalue weighted by atomic mass is 32.2. The minimum absolute atomic E-state index is 0.567. The van der Waals surface area contributed by atoms with Crippen LogP contribution in [0.3, 0.4) is 0 Å². The standard InChI is InChI=1S/C11H22N2S/c1-5-6-9(4)13-11-12-7-10(14-11)8(2)3/h8-10H,5-7H2,1-4H3,(H,12,13). The minimum atomic E-state index is 0.567. The molecule has 0 fully saturated rings. The molecule has 0 radical (unpaired) electrons. The van der Waals surface area contributed by atoms with Gasteiger partial charge in [0, 0.05) is 11.3 Å². The van der Waals surface area contributed by atoms with E-state index in [9.17, 15) is 0 Å². The van der Waals surface area contributed by atoms with Crippen molar-refractivity contribution in [1.82, 2.24) is 5.32 Å². The highest BCUT2D eigenvalue weighted by Gasteiger charge is 2.22. The first-order chi connectivity index (χ1) is 6.63. The first kappa shape index (κ1) is 11.9. The van der Waals surface area contributed by atoms with Crippen LogP contribution in [-0.2, 0) is 0 Å². The van der Waals surface area contributed by atoms with Crippen molar-refractivity contribution in [3.8, 4) is 0 Å². The van der Waals surface area contributed by atoms with Crippen molar-refractivity contribution >= 4 is 16.9 Å². The Hall–Kier alpha value is -0.180. The molecule has 1 aliphatic rings. The molecule has 3 heteroatoms. The molecule has 82 valence electrons. The summed E-state index contributed by atoms with van der Waals surface area (Å²) < 4.78 is 0. The minimum Gasteiger partial charge on any atom is -0.362 e. The van der Waals surface area contributed by atoms with Crippen LogP contribution >= 0.6 is 11.8 Å². The summed E-state index contributed by atoms with van der Waals surface area (Å²) in [5.74, 6) is 0.726. The van der Waals surface area contributed by atoms with Gasteiger partial charge in [0.05, 0.1) is 6.54 Å². The molecule has 1 rings (SSSR count). The molecule has 0 bridgehead atoms. The molecule has 2 unspecified atom stereocenters. The lowest BCUT2D eigenvalue weighted by Crippen LogP contribution is -2.30. The Morgan fingerprint density at radius 3 is 2.71 bits per heavy atom. The summed E-state index contributed by atoms with van der Waals surface area (Å²) in [6.07, 6.45) is 2.46. The molecule has 0 aromatic heterocycles. The lowest BCUT2D eigenvalue weighted by atomic mass is 10.1. The van der Waals surface area contributed by atoms with Gasteiger partial charge < -0.3 is 5.32 Å². The van der Waals surface area contributed by atoms with Crippen molar-refractivity contribution in [3.63, 3.8) is 0 Å². The second-order valence-corrected chi connectivity index (χ2v) is 5.61. The molecule has 0 aromatic rings. The zero-order valence-corrected chi connectivity index (χ0v) is 10.5. The van der Waals surface area contributed by atoms with Crippen LogP contribution in [0.2, 0.25) is 0 Å². The topological polar surface area (TPSA) is 24.4 Å². The maximum absolute atomic E-state index is 4.53. The molecule has 1 heterocycles. The summed E-state index contributed by atoms with van der Waals surface area (Å²) in [5.41, 5.74) is 0. The van der Waals surface area contributed by atoms with E-state index < -0.39 is 0 Å². The highest BCUT2D eigenvalue weighted by Crippen LogP contribution is 2.26. The van der Waals surface area contributed by atoms with Crippen LogP contribution in [0.15, 0.2) is 4.99 Å². The summed E-state index contributed by atoms with van der Waals surface area (Å²) in [7, 11) is 0. The molecule has 2 atom stereocenters. The molecule has 0 aromatic carbocycles. The van der Waals surface area contributed by atoms with Gasteiger partial charge in [-0.3, -0.25) is 4.99 Å². The number of thioether (sulfide) groups is 1. The predicted octanol–water partition coefficient (Wildman–Crippen LogP) is 2.89. The second kappa shape index (κ2) is 5.64. The van der Waals surface area contributed by atoms with E-state index in [0.29, 0.717) is 11.3 Å². The van der Waals surface area contributed by atoms with E-state index in [0.717, 1.165) is 17.6 Å². The predicted molar refractivity (Wildman–Crippen MR) is 66.0 cm³/mol. The monoisotopic (exact) mass is 214 g/mol. The second-order valence-electron chi connectivity index (χ2n) is 4.38. The van der Waals surface area contributed by atoms with Gasteiger partial charge in [-0.2, -0.15) is 0 Å². The third-order valence-corrected chi connectivity index (χ3v) is 3.98. The molecule has 0 aliphatic carbocycles. The molecule has 0 saturated heterocycles. The van der Waals surface area contributed by atoms with E-state index >= 15 is 0 Å². The van der Waals surface area contributed by atoms with Crippen LogP contribution in [-0.4, -0.2) is 23.0 Å². The van der Waals surface area contributed by atoms with E-state index in [1.807, 2.05) is 11.8 Å². The van der Waals surface area contributed by atoms with Crippen LogP contribution in [0.25, 0.3) is 0 Å². The van der Waals surface area contributed by atoms with Crippen LogP contribution in [0, 0.1) is 5.92 Å². The molecule has 1 aliphatic heterocycles. The lowest BCUT2D eigenvalue weighted by molar-refractivity contribution is 0.599. The maximum atomic E-state index is 4.53. The number of nitrogens with one attached hydrogen (secondary N) is 1. The Balaban J connectivity index is 2.28. The first-order valence-electron chi connectivity index (χ1n) is 5.61. The van der Waals surface area contributed by atoms with Gasteiger partial charge >= 0.3 is 0 Å². The largest absolute Gasteiger partial charge is 0.362 e. The van der Waals surface area contributed by atoms with E-state index in [4.69, 9.17) is 0 Å². The number of rotatable bonds is 4. The molecular formula is C11H22N2S. The number of hydrogen-bond donors (Lipinski definition) is 1. The lowest BCUT2D eigenvalue weighted by Gasteiger charge is -2.15. The van der Waals surface area contributed by atoms with Crippen molar-refractivity contribution in [1.29, 1.82) is 0 Å². The number of amidine groups is 1. The van der Waals surface area contributed by atoms with Crippen molar-refractivity contribution in [2.75, 3.05) is 6.54 Å². The Morgan fingerprint density at radius 1 is 1.50 bits per heavy atom. The van der Waals surface area contributed by atoms with Gasteiger partial charge in [0.2, 0.25) is 0 Å². The first-order valence-corrected chi connectivity index (χ1v) is 6.49. The number of hydrogen-bond acceptors (Lipinski definition) is 3. The van der Waals surface area contributed by atoms with Gasteiger partial charge in [0.25, 0.3) is 0 Å². The van der Waals surface area contributed by atoms with E-state index in [1.54, 1.807) is 0 Å². The summed E-state index contributed by atoms with van der Waals surface area (Å²) in [5, 5.41) is 5.32. The van der Waals surface area contributed by atoms with Gasteiger partial charge in [0.15, 0.2) is 5.17 Å². The Bertz CT molecular complexity index is 201. The van der Waals surface area contributed by atoms with Crippen LogP contribution in [0.5, 0.6) is 0 Å². The van der Waals surface area contributed by atoms with Gasteiger partial charge in [-0.1, -0.05) is 39.0 Å². The van der Waals surface area contributed by atoms with Crippen molar-refractivity contribution in [2.45, 2.75) is 51.8 Å². The molecule has 2 nitrogen and oxygen atoms in total. The molecule has 1 N–H and O–H groups in total. The van der Waals surface area contributed by atoms with Crippen LogP contribution in [0.1, 0.15) is 40.5 Å². The Labute approximate surface area is 92.0 Å². The molecule has 0 saturated carbocycles. The van der Waals surface area contributed by atoms with Gasteiger partial charge in [-0.25, -0.2) is 0 Å². The zero-order chi connectivity index (χ0) is 10.6. The highest BCUT2D eigenvalue weighted by molar-refractivity contribution is 8.14. The summed E-state index contributed by atoms with van der Waals surface area (Å²) in [6.45, 7) is 9.98. The van der Waals surface area contributed by atoms with Crippen molar-refractivity contribution in [3.05, 3.63) is 0 Å². The number of nitrogens with zero attached hydrogens (tertiary/aromatic N) is 1. The van der Waals surface area contributed by atoms with E-state index in [1.165, 1.54) is 12.8 Å². The van der Waals surface area contributed by atoms with Gasteiger partial charge in [0.1, 0.15) is 0 Å². The van der Waals surface area contributed by atoms with Gasteiger partial charge in [-0.15, -0.1) is 0 Å². The average molecular weight is 214 g/mol. The smallest absolute Gasteiger partial charge is 0.157 e. The Kier molecular flexibility index (Phi) is 4.79. The summed E-state index contributed by atoms with van der Waals surface area (Å²) >= 11 is 1.91. The number of aliphatic imine (C=N–C) groups is 1. The maximum Gasteiger partial charge on any atom is 0.157 e. The molecule has 0 amide bonds. The summed E-state index contributed by atoms with van der Waals surface area (Å²) in [4.78, 5) is 4.53. The molecule has 0 spiro atoms.